The Morgan fingerprint density at radius 1 is 1.00 bits per heavy atom. The van der Waals surface area contributed by atoms with Gasteiger partial charge in [0, 0.05) is 11.1 Å². The maximum Gasteiger partial charge on any atom is 0.166 e. The van der Waals surface area contributed by atoms with Crippen LogP contribution in [0.1, 0.15) is 0 Å². The van der Waals surface area contributed by atoms with Gasteiger partial charge in [0.2, 0.25) is 0 Å². The summed E-state index contributed by atoms with van der Waals surface area (Å²) in [5, 5.41) is 2.09. The molecule has 0 radical (unpaired) electrons. The number of rotatable bonds is 3. The second-order valence-corrected chi connectivity index (χ2v) is 5.79. The Hall–Kier alpha value is -1.91. The second kappa shape index (κ2) is 5.61. The molecular formula is C16H13NOS2. The first-order valence-electron chi connectivity index (χ1n) is 6.20. The van der Waals surface area contributed by atoms with Gasteiger partial charge in [-0.3, -0.25) is 4.57 Å². The largest absolute Gasteiger partial charge is 0.497 e. The number of ether oxygens (including phenoxy) is 1. The van der Waals surface area contributed by atoms with Gasteiger partial charge >= 0.3 is 0 Å². The van der Waals surface area contributed by atoms with Gasteiger partial charge in [0.05, 0.1) is 12.8 Å². The summed E-state index contributed by atoms with van der Waals surface area (Å²) >= 11 is 7.04. The van der Waals surface area contributed by atoms with Crippen molar-refractivity contribution in [2.45, 2.75) is 0 Å². The van der Waals surface area contributed by atoms with Crippen LogP contribution in [0.3, 0.4) is 0 Å². The summed E-state index contributed by atoms with van der Waals surface area (Å²) in [4.78, 5) is 0. The molecule has 0 bridgehead atoms. The Morgan fingerprint density at radius 3 is 2.35 bits per heavy atom. The highest BCUT2D eigenvalue weighted by molar-refractivity contribution is 7.73. The van der Waals surface area contributed by atoms with E-state index in [1.807, 2.05) is 30.3 Å². The Kier molecular flexibility index (Phi) is 3.67. The third-order valence-electron chi connectivity index (χ3n) is 3.10. The Morgan fingerprint density at radius 2 is 1.70 bits per heavy atom. The average Bonchev–Trinajstić information content (AvgIpc) is 2.90. The van der Waals surface area contributed by atoms with Crippen LogP contribution in [-0.2, 0) is 0 Å². The summed E-state index contributed by atoms with van der Waals surface area (Å²) in [6.07, 6.45) is 0. The molecule has 0 N–H and O–H groups in total. The number of benzene rings is 2. The number of para-hydroxylation sites is 1. The first kappa shape index (κ1) is 13.1. The smallest absolute Gasteiger partial charge is 0.166 e. The molecule has 1 heterocycles. The maximum atomic E-state index is 5.46. The lowest BCUT2D eigenvalue weighted by molar-refractivity contribution is 0.415. The first-order chi connectivity index (χ1) is 9.79. The quantitative estimate of drug-likeness (QED) is 0.636. The summed E-state index contributed by atoms with van der Waals surface area (Å²) in [6, 6.07) is 18.2. The molecule has 0 amide bonds. The number of methoxy groups -OCH3 is 1. The second-order valence-electron chi connectivity index (χ2n) is 4.29. The van der Waals surface area contributed by atoms with Gasteiger partial charge in [0.1, 0.15) is 5.75 Å². The molecule has 3 rings (SSSR count). The van der Waals surface area contributed by atoms with E-state index in [2.05, 4.69) is 34.2 Å². The van der Waals surface area contributed by atoms with E-state index in [9.17, 15) is 0 Å². The van der Waals surface area contributed by atoms with Crippen molar-refractivity contribution in [3.8, 4) is 22.7 Å². The van der Waals surface area contributed by atoms with Crippen molar-refractivity contribution in [3.63, 3.8) is 0 Å². The lowest BCUT2D eigenvalue weighted by atomic mass is 10.1. The zero-order valence-corrected chi connectivity index (χ0v) is 12.6. The topological polar surface area (TPSA) is 14.2 Å². The highest BCUT2D eigenvalue weighted by Crippen LogP contribution is 2.28. The Labute approximate surface area is 126 Å². The number of nitrogens with zero attached hydrogens (tertiary/aromatic N) is 1. The minimum absolute atomic E-state index is 0.849. The predicted molar refractivity (Wildman–Crippen MR) is 86.5 cm³/mol. The fraction of sp³-hybridized carbons (Fsp3) is 0.0625. The van der Waals surface area contributed by atoms with Gasteiger partial charge in [-0.15, -0.1) is 11.3 Å². The summed E-state index contributed by atoms with van der Waals surface area (Å²) in [5.41, 5.74) is 3.32. The van der Waals surface area contributed by atoms with E-state index in [1.54, 1.807) is 18.4 Å². The van der Waals surface area contributed by atoms with Crippen LogP contribution < -0.4 is 4.74 Å². The van der Waals surface area contributed by atoms with Crippen LogP contribution in [0, 0.1) is 3.95 Å². The van der Waals surface area contributed by atoms with Gasteiger partial charge in [-0.2, -0.15) is 0 Å². The standard InChI is InChI=1S/C16H13NOS2/c1-18-14-9-7-12(8-10-14)15-11-20-16(19)17(15)13-5-3-2-4-6-13/h2-11H,1H3. The van der Waals surface area contributed by atoms with Gasteiger partial charge in [-0.1, -0.05) is 18.2 Å². The molecule has 100 valence electrons. The van der Waals surface area contributed by atoms with Crippen molar-refractivity contribution in [1.29, 1.82) is 0 Å². The minimum Gasteiger partial charge on any atom is -0.497 e. The number of aromatic nitrogens is 1. The molecule has 3 aromatic rings. The summed E-state index contributed by atoms with van der Waals surface area (Å²) < 4.78 is 8.15. The van der Waals surface area contributed by atoms with Crippen LogP contribution in [0.4, 0.5) is 0 Å². The van der Waals surface area contributed by atoms with Crippen molar-refractivity contribution in [2.75, 3.05) is 7.11 Å². The number of thiazole rings is 1. The molecule has 4 heteroatoms. The van der Waals surface area contributed by atoms with Gasteiger partial charge in [0.25, 0.3) is 0 Å². The molecule has 0 aliphatic rings. The fourth-order valence-corrected chi connectivity index (χ4v) is 3.20. The van der Waals surface area contributed by atoms with E-state index in [4.69, 9.17) is 17.0 Å². The van der Waals surface area contributed by atoms with Crippen molar-refractivity contribution >= 4 is 23.6 Å². The van der Waals surface area contributed by atoms with Gasteiger partial charge in [-0.05, 0) is 54.2 Å². The fourth-order valence-electron chi connectivity index (χ4n) is 2.09. The number of hydrogen-bond donors (Lipinski definition) is 0. The molecule has 0 saturated heterocycles. The molecule has 0 atom stereocenters. The van der Waals surface area contributed by atoms with E-state index in [-0.39, 0.29) is 0 Å². The zero-order chi connectivity index (χ0) is 13.9. The van der Waals surface area contributed by atoms with E-state index in [0.717, 1.165) is 26.6 Å². The molecule has 2 nitrogen and oxygen atoms in total. The maximum absolute atomic E-state index is 5.46. The summed E-state index contributed by atoms with van der Waals surface area (Å²) in [7, 11) is 1.67. The van der Waals surface area contributed by atoms with Gasteiger partial charge < -0.3 is 4.74 Å². The first-order valence-corrected chi connectivity index (χ1v) is 7.49. The molecule has 0 unspecified atom stereocenters. The molecule has 2 aromatic carbocycles. The van der Waals surface area contributed by atoms with E-state index in [0.29, 0.717) is 0 Å². The average molecular weight is 299 g/mol. The molecule has 0 fully saturated rings. The molecule has 0 aliphatic heterocycles. The van der Waals surface area contributed by atoms with Crippen LogP contribution in [0.2, 0.25) is 0 Å². The van der Waals surface area contributed by atoms with Crippen LogP contribution in [0.5, 0.6) is 5.75 Å². The van der Waals surface area contributed by atoms with Crippen molar-refractivity contribution in [1.82, 2.24) is 4.57 Å². The molecule has 20 heavy (non-hydrogen) atoms. The van der Waals surface area contributed by atoms with Crippen molar-refractivity contribution in [2.24, 2.45) is 0 Å². The molecule has 0 saturated carbocycles. The normalized spacial score (nSPS) is 10.4. The summed E-state index contributed by atoms with van der Waals surface area (Å²) in [5.74, 6) is 0.855. The number of hydrogen-bond acceptors (Lipinski definition) is 3. The highest BCUT2D eigenvalue weighted by Gasteiger charge is 2.08. The Bertz CT molecular complexity index is 757. The lowest BCUT2D eigenvalue weighted by Gasteiger charge is -2.09. The Balaban J connectivity index is 2.13. The van der Waals surface area contributed by atoms with Crippen molar-refractivity contribution in [3.05, 3.63) is 63.9 Å². The third kappa shape index (κ3) is 2.40. The molecule has 1 aromatic heterocycles. The monoisotopic (exact) mass is 299 g/mol. The van der Waals surface area contributed by atoms with Crippen LogP contribution in [-0.4, -0.2) is 11.7 Å². The summed E-state index contributed by atoms with van der Waals surface area (Å²) in [6.45, 7) is 0. The predicted octanol–water partition coefficient (Wildman–Crippen LogP) is 4.94. The van der Waals surface area contributed by atoms with Crippen molar-refractivity contribution < 1.29 is 4.74 Å². The SMILES string of the molecule is COc1ccc(-c2csc(=S)n2-c2ccccc2)cc1. The highest BCUT2D eigenvalue weighted by atomic mass is 32.1. The third-order valence-corrected chi connectivity index (χ3v) is 4.29. The van der Waals surface area contributed by atoms with E-state index in [1.165, 1.54) is 0 Å². The van der Waals surface area contributed by atoms with E-state index < -0.39 is 0 Å². The van der Waals surface area contributed by atoms with Crippen LogP contribution in [0.25, 0.3) is 16.9 Å². The van der Waals surface area contributed by atoms with Crippen LogP contribution >= 0.6 is 23.6 Å². The lowest BCUT2D eigenvalue weighted by Crippen LogP contribution is -1.96. The minimum atomic E-state index is 0.849. The van der Waals surface area contributed by atoms with E-state index >= 15 is 0 Å². The van der Waals surface area contributed by atoms with Crippen LogP contribution in [0.15, 0.2) is 60.0 Å². The molecule has 0 aliphatic carbocycles. The molecular weight excluding hydrogens is 286 g/mol. The van der Waals surface area contributed by atoms with Gasteiger partial charge in [0.15, 0.2) is 3.95 Å². The van der Waals surface area contributed by atoms with Gasteiger partial charge in [-0.25, -0.2) is 0 Å². The molecule has 0 spiro atoms. The zero-order valence-electron chi connectivity index (χ0n) is 10.9.